The molecular weight excluding hydrogens is 377 g/mol. The van der Waals surface area contributed by atoms with Gasteiger partial charge in [0.05, 0.1) is 11.5 Å². The molecule has 0 radical (unpaired) electrons. The summed E-state index contributed by atoms with van der Waals surface area (Å²) in [4.78, 5) is 27.0. The molecule has 2 aliphatic rings. The van der Waals surface area contributed by atoms with Gasteiger partial charge in [-0.2, -0.15) is 0 Å². The highest BCUT2D eigenvalue weighted by Crippen LogP contribution is 2.48. The number of carbonyl (C=O) groups excluding carboxylic acids is 1. The second kappa shape index (κ2) is 7.08. The van der Waals surface area contributed by atoms with Crippen LogP contribution in [0, 0.1) is 21.8 Å². The highest BCUT2D eigenvalue weighted by molar-refractivity contribution is 8.13. The van der Waals surface area contributed by atoms with Crippen LogP contribution in [0.4, 0.5) is 14.9 Å². The zero-order valence-corrected chi connectivity index (χ0v) is 16.0. The maximum atomic E-state index is 14.6. The number of non-ortho nitro benzene ring substituents is 1. The molecule has 0 unspecified atom stereocenters. The fourth-order valence-electron chi connectivity index (χ4n) is 3.07. The SMILES string of the molecule is CC(C)(C)OC(=O)NC1=N[C@@]2(c3cc([N+](=O)[O-])ccc3F)OCC[C@H]2CS1. The van der Waals surface area contributed by atoms with Gasteiger partial charge in [-0.15, -0.1) is 0 Å². The summed E-state index contributed by atoms with van der Waals surface area (Å²) in [5.74, 6) is -0.278. The Labute approximate surface area is 159 Å². The van der Waals surface area contributed by atoms with Crippen LogP contribution in [0.5, 0.6) is 0 Å². The Hall–Kier alpha value is -2.20. The van der Waals surface area contributed by atoms with E-state index in [0.29, 0.717) is 18.8 Å². The van der Waals surface area contributed by atoms with Crippen LogP contribution < -0.4 is 5.32 Å². The largest absolute Gasteiger partial charge is 0.444 e. The fourth-order valence-corrected chi connectivity index (χ4v) is 4.17. The van der Waals surface area contributed by atoms with E-state index in [0.717, 1.165) is 18.2 Å². The number of hydrogen-bond acceptors (Lipinski definition) is 7. The van der Waals surface area contributed by atoms with Crippen molar-refractivity contribution >= 4 is 28.7 Å². The van der Waals surface area contributed by atoms with Crippen molar-refractivity contribution in [3.05, 3.63) is 39.7 Å². The zero-order chi connectivity index (χ0) is 19.8. The molecule has 1 N–H and O–H groups in total. The van der Waals surface area contributed by atoms with Crippen molar-refractivity contribution < 1.29 is 23.6 Å². The van der Waals surface area contributed by atoms with E-state index in [9.17, 15) is 19.3 Å². The molecule has 1 aromatic carbocycles. The van der Waals surface area contributed by atoms with E-state index in [1.54, 1.807) is 20.8 Å². The molecule has 2 aliphatic heterocycles. The van der Waals surface area contributed by atoms with E-state index >= 15 is 0 Å². The maximum Gasteiger partial charge on any atom is 0.413 e. The molecule has 0 aliphatic carbocycles. The summed E-state index contributed by atoms with van der Waals surface area (Å²) in [7, 11) is 0. The summed E-state index contributed by atoms with van der Waals surface area (Å²) in [6, 6.07) is 3.29. The molecule has 3 rings (SSSR count). The van der Waals surface area contributed by atoms with Crippen molar-refractivity contribution in [3.8, 4) is 0 Å². The first-order chi connectivity index (χ1) is 12.6. The predicted molar refractivity (Wildman–Crippen MR) is 98.1 cm³/mol. The van der Waals surface area contributed by atoms with Crippen LogP contribution in [0.1, 0.15) is 32.8 Å². The average Bonchev–Trinajstić information content (AvgIpc) is 2.97. The third-order valence-electron chi connectivity index (χ3n) is 4.19. The molecular formula is C17H20FN3O5S. The third kappa shape index (κ3) is 4.06. The van der Waals surface area contributed by atoms with E-state index in [2.05, 4.69) is 10.3 Å². The van der Waals surface area contributed by atoms with Crippen molar-refractivity contribution in [3.63, 3.8) is 0 Å². The van der Waals surface area contributed by atoms with Crippen LogP contribution in [0.15, 0.2) is 23.2 Å². The number of halogens is 1. The lowest BCUT2D eigenvalue weighted by molar-refractivity contribution is -0.385. The molecule has 1 saturated heterocycles. The molecule has 0 aromatic heterocycles. The van der Waals surface area contributed by atoms with E-state index in [1.165, 1.54) is 11.8 Å². The number of carbonyl (C=O) groups is 1. The molecule has 1 aromatic rings. The van der Waals surface area contributed by atoms with Crippen molar-refractivity contribution in [2.24, 2.45) is 10.9 Å². The molecule has 0 bridgehead atoms. The minimum absolute atomic E-state index is 0.00277. The second-order valence-corrected chi connectivity index (χ2v) is 8.32. The number of aliphatic imine (C=N–C) groups is 1. The topological polar surface area (TPSA) is 103 Å². The third-order valence-corrected chi connectivity index (χ3v) is 5.22. The van der Waals surface area contributed by atoms with Crippen LogP contribution in [0.25, 0.3) is 0 Å². The van der Waals surface area contributed by atoms with Crippen molar-refractivity contribution in [1.29, 1.82) is 0 Å². The number of fused-ring (bicyclic) bond motifs is 1. The zero-order valence-electron chi connectivity index (χ0n) is 15.2. The average molecular weight is 397 g/mol. The number of nitro groups is 1. The summed E-state index contributed by atoms with van der Waals surface area (Å²) < 4.78 is 25.6. The van der Waals surface area contributed by atoms with Gasteiger partial charge in [0.25, 0.3) is 5.69 Å². The number of benzene rings is 1. The van der Waals surface area contributed by atoms with Crippen LogP contribution >= 0.6 is 11.8 Å². The van der Waals surface area contributed by atoms with E-state index in [1.807, 2.05) is 0 Å². The molecule has 0 spiro atoms. The summed E-state index contributed by atoms with van der Waals surface area (Å²) >= 11 is 1.31. The van der Waals surface area contributed by atoms with E-state index < -0.39 is 28.2 Å². The van der Waals surface area contributed by atoms with Gasteiger partial charge in [0.1, 0.15) is 11.4 Å². The molecule has 0 saturated carbocycles. The predicted octanol–water partition coefficient (Wildman–Crippen LogP) is 3.55. The minimum atomic E-state index is -1.40. The van der Waals surface area contributed by atoms with Crippen LogP contribution in [0.2, 0.25) is 0 Å². The number of ether oxygens (including phenoxy) is 2. The van der Waals surface area contributed by atoms with Crippen LogP contribution in [-0.4, -0.2) is 34.1 Å². The monoisotopic (exact) mass is 397 g/mol. The van der Waals surface area contributed by atoms with Gasteiger partial charge < -0.3 is 9.47 Å². The van der Waals surface area contributed by atoms with Crippen molar-refractivity contribution in [2.45, 2.75) is 38.5 Å². The molecule has 2 atom stereocenters. The van der Waals surface area contributed by atoms with Crippen LogP contribution in [0.3, 0.4) is 0 Å². The van der Waals surface area contributed by atoms with Crippen molar-refractivity contribution in [2.75, 3.05) is 12.4 Å². The molecule has 146 valence electrons. The van der Waals surface area contributed by atoms with Gasteiger partial charge in [-0.1, -0.05) is 11.8 Å². The lowest BCUT2D eigenvalue weighted by Gasteiger charge is -2.35. The number of thioether (sulfide) groups is 1. The summed E-state index contributed by atoms with van der Waals surface area (Å²) in [6.45, 7) is 5.55. The Balaban J connectivity index is 1.97. The highest BCUT2D eigenvalue weighted by atomic mass is 32.2. The summed E-state index contributed by atoms with van der Waals surface area (Å²) in [6.07, 6.45) is -0.0434. The molecule has 10 heteroatoms. The van der Waals surface area contributed by atoms with Gasteiger partial charge in [0, 0.05) is 29.4 Å². The standard InChI is InChI=1S/C17H20FN3O5S/c1-16(2,3)26-15(22)19-14-20-17(10(9-27-14)6-7-25-17)12-8-11(21(23)24)4-5-13(12)18/h4-5,8,10H,6-7,9H2,1-3H3,(H,19,20,22)/t10-,17+/m0/s1. The molecule has 1 fully saturated rings. The Morgan fingerprint density at radius 1 is 1.52 bits per heavy atom. The first kappa shape index (κ1) is 19.6. The first-order valence-electron chi connectivity index (χ1n) is 8.42. The number of rotatable bonds is 2. The molecule has 27 heavy (non-hydrogen) atoms. The number of nitro benzene ring substituents is 1. The first-order valence-corrected chi connectivity index (χ1v) is 9.40. The number of nitrogens with one attached hydrogen (secondary N) is 1. The Kier molecular flexibility index (Phi) is 5.13. The second-order valence-electron chi connectivity index (χ2n) is 7.31. The van der Waals surface area contributed by atoms with E-state index in [4.69, 9.17) is 9.47 Å². The molecule has 8 nitrogen and oxygen atoms in total. The number of nitrogens with zero attached hydrogens (tertiary/aromatic N) is 2. The van der Waals surface area contributed by atoms with Gasteiger partial charge in [-0.25, -0.2) is 14.2 Å². The van der Waals surface area contributed by atoms with Gasteiger partial charge in [-0.3, -0.25) is 15.4 Å². The minimum Gasteiger partial charge on any atom is -0.444 e. The lowest BCUT2D eigenvalue weighted by atomic mass is 9.89. The quantitative estimate of drug-likeness (QED) is 0.605. The van der Waals surface area contributed by atoms with Crippen LogP contribution in [-0.2, 0) is 15.2 Å². The number of amides is 1. The fraction of sp³-hybridized carbons (Fsp3) is 0.529. The lowest BCUT2D eigenvalue weighted by Crippen LogP contribution is -2.42. The van der Waals surface area contributed by atoms with Gasteiger partial charge >= 0.3 is 6.09 Å². The van der Waals surface area contributed by atoms with E-state index in [-0.39, 0.29) is 22.3 Å². The Bertz CT molecular complexity index is 810. The Morgan fingerprint density at radius 3 is 2.93 bits per heavy atom. The summed E-state index contributed by atoms with van der Waals surface area (Å²) in [5.41, 5.74) is -2.32. The van der Waals surface area contributed by atoms with Gasteiger partial charge in [-0.05, 0) is 33.3 Å². The number of amidine groups is 1. The highest BCUT2D eigenvalue weighted by Gasteiger charge is 2.50. The summed E-state index contributed by atoms with van der Waals surface area (Å²) in [5, 5.41) is 13.9. The molecule has 1 amide bonds. The van der Waals surface area contributed by atoms with Gasteiger partial charge in [0.2, 0.25) is 0 Å². The Morgan fingerprint density at radius 2 is 2.26 bits per heavy atom. The van der Waals surface area contributed by atoms with Gasteiger partial charge in [0.15, 0.2) is 10.9 Å². The maximum absolute atomic E-state index is 14.6. The normalized spacial score (nSPS) is 24.7. The smallest absolute Gasteiger partial charge is 0.413 e. The molecule has 2 heterocycles. The number of alkyl carbamates (subject to hydrolysis) is 1. The number of hydrogen-bond donors (Lipinski definition) is 1. The van der Waals surface area contributed by atoms with Crippen molar-refractivity contribution in [1.82, 2.24) is 5.32 Å².